The molecule has 1 aromatic carbocycles. The molecule has 0 unspecified atom stereocenters. The van der Waals surface area contributed by atoms with Crippen LogP contribution in [0.2, 0.25) is 0 Å². The van der Waals surface area contributed by atoms with Gasteiger partial charge in [-0.3, -0.25) is 4.99 Å². The summed E-state index contributed by atoms with van der Waals surface area (Å²) in [5, 5.41) is 0. The third-order valence-electron chi connectivity index (χ3n) is 2.99. The van der Waals surface area contributed by atoms with E-state index < -0.39 is 5.97 Å². The number of amidine groups is 1. The Morgan fingerprint density at radius 1 is 1.38 bits per heavy atom. The van der Waals surface area contributed by atoms with Gasteiger partial charge in [0.25, 0.3) is 6.21 Å². The van der Waals surface area contributed by atoms with E-state index in [-0.39, 0.29) is 6.61 Å². The van der Waals surface area contributed by atoms with Gasteiger partial charge in [0.05, 0.1) is 12.4 Å². The van der Waals surface area contributed by atoms with Crippen molar-refractivity contribution >= 4 is 35.8 Å². The fourth-order valence-corrected chi connectivity index (χ4v) is 1.64. The molecule has 0 saturated heterocycles. The van der Waals surface area contributed by atoms with Crippen LogP contribution in [0.25, 0.3) is 0 Å². The Morgan fingerprint density at radius 2 is 2.00 bits per heavy atom. The second-order valence-corrected chi connectivity index (χ2v) is 4.24. The van der Waals surface area contributed by atoms with Gasteiger partial charge in [0.1, 0.15) is 0 Å². The number of rotatable bonds is 5. The molecule has 0 N–H and O–H groups in total. The van der Waals surface area contributed by atoms with Crippen LogP contribution >= 0.6 is 0 Å². The minimum absolute atomic E-state index is 0.265. The van der Waals surface area contributed by atoms with Gasteiger partial charge in [-0.15, -0.1) is 4.58 Å². The molecule has 0 aliphatic rings. The van der Waals surface area contributed by atoms with E-state index in [1.807, 2.05) is 31.0 Å². The maximum absolute atomic E-state index is 11.4. The topological polar surface area (TPSA) is 62.0 Å². The van der Waals surface area contributed by atoms with E-state index in [2.05, 4.69) is 4.99 Å². The summed E-state index contributed by atoms with van der Waals surface area (Å²) in [7, 11) is 3.63. The highest BCUT2D eigenvalue weighted by Crippen LogP contribution is 2.18. The molecule has 0 heterocycles. The summed E-state index contributed by atoms with van der Waals surface area (Å²) in [6.07, 6.45) is 1.68. The number of amides is 1. The van der Waals surface area contributed by atoms with Crippen molar-refractivity contribution < 1.29 is 18.9 Å². The highest BCUT2D eigenvalue weighted by Gasteiger charge is 2.13. The molecule has 1 aromatic rings. The largest absolute Gasteiger partial charge is 0.458 e. The van der Waals surface area contributed by atoms with Gasteiger partial charge in [-0.1, -0.05) is 0 Å². The number of carbonyl (C=O) groups is 2. The fourth-order valence-electron chi connectivity index (χ4n) is 1.64. The molecule has 6 heteroatoms. The van der Waals surface area contributed by atoms with E-state index in [0.717, 1.165) is 17.7 Å². The van der Waals surface area contributed by atoms with Gasteiger partial charge >= 0.3 is 12.4 Å². The molecule has 0 bridgehead atoms. The highest BCUT2D eigenvalue weighted by atomic mass is 16.5. The molecule has 112 valence electrons. The summed E-state index contributed by atoms with van der Waals surface area (Å²) < 4.78 is 5.97. The predicted molar refractivity (Wildman–Crippen MR) is 82.6 cm³/mol. The van der Waals surface area contributed by atoms with Gasteiger partial charge in [-0.2, -0.15) is 0 Å². The number of hydrogen-bond acceptors (Lipinski definition) is 4. The first-order valence-electron chi connectivity index (χ1n) is 6.56. The van der Waals surface area contributed by atoms with Gasteiger partial charge in [-0.05, 0) is 26.0 Å². The molecule has 0 aromatic heterocycles. The molecule has 0 spiro atoms. The lowest BCUT2D eigenvalue weighted by Crippen LogP contribution is -2.23. The molecular weight excluding hydrogens is 270 g/mol. The second-order valence-electron chi connectivity index (χ2n) is 4.24. The number of benzene rings is 1. The second kappa shape index (κ2) is 7.94. The standard InChI is InChI=1S/C15H20N3O3/c1-5-21-15(20)10-18(11-19)14-8-6-13(7-9-14)17(4)12(2)16-3/h6-11H,5H2,1-4H3/q+1. The van der Waals surface area contributed by atoms with E-state index in [1.165, 1.54) is 4.58 Å². The molecule has 6 nitrogen and oxygen atoms in total. The number of carbonyl (C=O) groups excluding carboxylic acids is 2. The lowest BCUT2D eigenvalue weighted by atomic mass is 10.2. The van der Waals surface area contributed by atoms with Crippen LogP contribution in [0.15, 0.2) is 29.3 Å². The number of hydrogen-bond donors (Lipinski definition) is 0. The Morgan fingerprint density at radius 3 is 2.48 bits per heavy atom. The number of nitrogens with zero attached hydrogens (tertiary/aromatic N) is 3. The van der Waals surface area contributed by atoms with Crippen molar-refractivity contribution in [3.05, 3.63) is 24.3 Å². The molecule has 0 fully saturated rings. The van der Waals surface area contributed by atoms with Crippen LogP contribution in [0.4, 0.5) is 11.4 Å². The fraction of sp³-hybridized carbons (Fsp3) is 0.333. The summed E-state index contributed by atoms with van der Waals surface area (Å²) in [5.41, 5.74) is 1.52. The molecular formula is C15H20N3O3+. The van der Waals surface area contributed by atoms with E-state index in [0.29, 0.717) is 12.1 Å². The average molecular weight is 290 g/mol. The maximum Gasteiger partial charge on any atom is 0.396 e. The molecule has 0 aliphatic carbocycles. The normalized spacial score (nSPS) is 12.0. The Balaban J connectivity index is 3.00. The van der Waals surface area contributed by atoms with Gasteiger partial charge in [-0.25, -0.2) is 9.59 Å². The summed E-state index contributed by atoms with van der Waals surface area (Å²) in [6, 6.07) is 7.19. The summed E-state index contributed by atoms with van der Waals surface area (Å²) in [5.74, 6) is 0.313. The summed E-state index contributed by atoms with van der Waals surface area (Å²) in [6.45, 7) is 3.88. The van der Waals surface area contributed by atoms with Crippen LogP contribution in [-0.2, 0) is 14.3 Å². The van der Waals surface area contributed by atoms with Crippen LogP contribution in [0.3, 0.4) is 0 Å². The monoisotopic (exact) mass is 290 g/mol. The van der Waals surface area contributed by atoms with E-state index in [9.17, 15) is 9.59 Å². The number of aliphatic imine (C=N–C) groups is 1. The van der Waals surface area contributed by atoms with Gasteiger partial charge in [0.2, 0.25) is 5.69 Å². The van der Waals surface area contributed by atoms with Crippen LogP contribution in [-0.4, -0.2) is 49.7 Å². The van der Waals surface area contributed by atoms with E-state index in [1.54, 1.807) is 26.1 Å². The van der Waals surface area contributed by atoms with Crippen molar-refractivity contribution in [2.24, 2.45) is 4.99 Å². The third-order valence-corrected chi connectivity index (χ3v) is 2.99. The van der Waals surface area contributed by atoms with Crippen molar-refractivity contribution in [3.8, 4) is 0 Å². The van der Waals surface area contributed by atoms with Crippen LogP contribution in [0.1, 0.15) is 13.8 Å². The first-order chi connectivity index (χ1) is 10.0. The van der Waals surface area contributed by atoms with Gasteiger partial charge in [0, 0.05) is 31.9 Å². The van der Waals surface area contributed by atoms with Crippen molar-refractivity contribution in [1.29, 1.82) is 0 Å². The molecule has 0 atom stereocenters. The Kier molecular flexibility index (Phi) is 6.26. The number of ether oxygens (including phenoxy) is 1. The molecule has 0 radical (unpaired) electrons. The number of esters is 1. The maximum atomic E-state index is 11.4. The van der Waals surface area contributed by atoms with Crippen LogP contribution in [0, 0.1) is 0 Å². The van der Waals surface area contributed by atoms with Crippen molar-refractivity contribution in [3.63, 3.8) is 0 Å². The molecule has 0 aliphatic heterocycles. The lowest BCUT2D eigenvalue weighted by molar-refractivity contribution is -0.343. The van der Waals surface area contributed by atoms with Crippen molar-refractivity contribution in [1.82, 2.24) is 0 Å². The van der Waals surface area contributed by atoms with Gasteiger partial charge < -0.3 is 9.64 Å². The minimum Gasteiger partial charge on any atom is -0.458 e. The van der Waals surface area contributed by atoms with Crippen LogP contribution < -0.4 is 4.90 Å². The number of anilines is 1. The molecule has 1 amide bonds. The first-order valence-corrected chi connectivity index (χ1v) is 6.56. The summed E-state index contributed by atoms with van der Waals surface area (Å²) >= 11 is 0. The van der Waals surface area contributed by atoms with Crippen LogP contribution in [0.5, 0.6) is 0 Å². The minimum atomic E-state index is -0.556. The van der Waals surface area contributed by atoms with E-state index >= 15 is 0 Å². The lowest BCUT2D eigenvalue weighted by Gasteiger charge is -2.18. The molecule has 0 saturated carbocycles. The third kappa shape index (κ3) is 4.52. The van der Waals surface area contributed by atoms with Crippen molar-refractivity contribution in [2.75, 3.05) is 25.6 Å². The first kappa shape index (κ1) is 16.6. The molecule has 1 rings (SSSR count). The molecule has 21 heavy (non-hydrogen) atoms. The predicted octanol–water partition coefficient (Wildman–Crippen LogP) is 1.61. The SMILES string of the molecule is CCOC(=O)C=[N+](C=O)c1ccc(N(C)C(C)=NC)cc1. The summed E-state index contributed by atoms with van der Waals surface area (Å²) in [4.78, 5) is 28.5. The zero-order valence-corrected chi connectivity index (χ0v) is 12.7. The zero-order valence-electron chi connectivity index (χ0n) is 12.7. The van der Waals surface area contributed by atoms with Crippen molar-refractivity contribution in [2.45, 2.75) is 13.8 Å². The quantitative estimate of drug-likeness (QED) is 0.272. The Hall–Kier alpha value is -2.50. The zero-order chi connectivity index (χ0) is 15.8. The Bertz CT molecular complexity index is 562. The Labute approximate surface area is 124 Å². The van der Waals surface area contributed by atoms with Gasteiger partial charge in [0.15, 0.2) is 0 Å². The van der Waals surface area contributed by atoms with E-state index in [4.69, 9.17) is 4.74 Å². The smallest absolute Gasteiger partial charge is 0.396 e. The highest BCUT2D eigenvalue weighted by molar-refractivity contribution is 6.21. The average Bonchev–Trinajstić information content (AvgIpc) is 2.51.